The van der Waals surface area contributed by atoms with E-state index >= 15 is 0 Å². The van der Waals surface area contributed by atoms with Crippen LogP contribution in [0, 0.1) is 0 Å². The average Bonchev–Trinajstić information content (AvgIpc) is 3.09. The van der Waals surface area contributed by atoms with Crippen LogP contribution in [-0.2, 0) is 16.0 Å². The van der Waals surface area contributed by atoms with Crippen molar-refractivity contribution < 1.29 is 9.59 Å². The number of hydrogen-bond donors (Lipinski definition) is 0. The summed E-state index contributed by atoms with van der Waals surface area (Å²) in [4.78, 5) is 27.8. The van der Waals surface area contributed by atoms with Gasteiger partial charge in [-0.05, 0) is 29.1 Å². The molecule has 0 aliphatic carbocycles. The van der Waals surface area contributed by atoms with Crippen LogP contribution >= 0.6 is 34.5 Å². The molecule has 0 unspecified atom stereocenters. The van der Waals surface area contributed by atoms with Crippen molar-refractivity contribution in [2.24, 2.45) is 0 Å². The van der Waals surface area contributed by atoms with Gasteiger partial charge in [0.15, 0.2) is 5.78 Å². The van der Waals surface area contributed by atoms with E-state index in [0.29, 0.717) is 22.9 Å². The fraction of sp³-hybridized carbons (Fsp3) is 0.250. The van der Waals surface area contributed by atoms with E-state index in [1.54, 1.807) is 28.4 Å². The number of halogens is 2. The molecule has 0 bridgehead atoms. The van der Waals surface area contributed by atoms with Gasteiger partial charge in [-0.3, -0.25) is 9.59 Å². The molecule has 2 aliphatic heterocycles. The fourth-order valence-electron chi connectivity index (χ4n) is 3.38. The summed E-state index contributed by atoms with van der Waals surface area (Å²) in [5.74, 6) is -0.0335. The second-order valence-electron chi connectivity index (χ2n) is 5.57. The molecule has 3 heterocycles. The Balaban J connectivity index is 1.84. The Bertz CT molecular complexity index is 788. The second-order valence-corrected chi connectivity index (χ2v) is 7.37. The van der Waals surface area contributed by atoms with E-state index in [1.807, 2.05) is 17.5 Å². The van der Waals surface area contributed by atoms with E-state index < -0.39 is 6.04 Å². The number of hydrogen-bond acceptors (Lipinski definition) is 3. The van der Waals surface area contributed by atoms with Gasteiger partial charge in [0.2, 0.25) is 5.91 Å². The monoisotopic (exact) mass is 351 g/mol. The van der Waals surface area contributed by atoms with Crippen molar-refractivity contribution >= 4 is 51.9 Å². The number of thiophene rings is 1. The summed E-state index contributed by atoms with van der Waals surface area (Å²) < 4.78 is 0. The molecule has 2 aliphatic rings. The van der Waals surface area contributed by atoms with Gasteiger partial charge in [0.25, 0.3) is 0 Å². The molecule has 1 saturated heterocycles. The van der Waals surface area contributed by atoms with Crippen LogP contribution < -0.4 is 4.90 Å². The number of anilines is 1. The molecule has 2 atom stereocenters. The smallest absolute Gasteiger partial charge is 0.228 e. The van der Waals surface area contributed by atoms with E-state index in [2.05, 4.69) is 0 Å². The van der Waals surface area contributed by atoms with E-state index in [4.69, 9.17) is 23.2 Å². The molecule has 2 aromatic rings. The normalized spacial score (nSPS) is 23.6. The number of Topliss-reactive ketones (excluding diaryl/α,β-unsaturated/α-hetero) is 1. The SMILES string of the molecule is O=C1Cc2cc(Cl)c(Cl)cc2N2C(=O)C[C@@H](c3cccs3)[C@H]12. The molecule has 112 valence electrons. The van der Waals surface area contributed by atoms with Crippen LogP contribution in [0.3, 0.4) is 0 Å². The number of ketones is 1. The number of fused-ring (bicyclic) bond motifs is 3. The number of nitrogens with zero attached hydrogens (tertiary/aromatic N) is 1. The molecule has 0 spiro atoms. The first-order valence-corrected chi connectivity index (χ1v) is 8.56. The summed E-state index contributed by atoms with van der Waals surface area (Å²) in [6.45, 7) is 0. The topological polar surface area (TPSA) is 37.4 Å². The third-order valence-corrected chi connectivity index (χ3v) is 6.03. The number of benzene rings is 1. The third-order valence-electron chi connectivity index (χ3n) is 4.31. The minimum Gasteiger partial charge on any atom is -0.301 e. The van der Waals surface area contributed by atoms with E-state index in [-0.39, 0.29) is 17.6 Å². The number of rotatable bonds is 1. The Morgan fingerprint density at radius 2 is 1.95 bits per heavy atom. The van der Waals surface area contributed by atoms with Crippen molar-refractivity contribution in [2.75, 3.05) is 4.90 Å². The molecule has 22 heavy (non-hydrogen) atoms. The number of carbonyl (C=O) groups excluding carboxylic acids is 2. The Hall–Kier alpha value is -1.36. The molecule has 3 nitrogen and oxygen atoms in total. The quantitative estimate of drug-likeness (QED) is 0.776. The molecule has 1 aromatic carbocycles. The molecular weight excluding hydrogens is 341 g/mol. The van der Waals surface area contributed by atoms with Crippen molar-refractivity contribution in [3.8, 4) is 0 Å². The Labute approximate surface area is 141 Å². The maximum absolute atomic E-state index is 12.6. The molecule has 0 radical (unpaired) electrons. The van der Waals surface area contributed by atoms with E-state index in [0.717, 1.165) is 16.1 Å². The molecule has 0 saturated carbocycles. The first-order chi connectivity index (χ1) is 10.6. The third kappa shape index (κ3) is 2.02. The summed E-state index contributed by atoms with van der Waals surface area (Å²) in [7, 11) is 0. The van der Waals surface area contributed by atoms with Crippen LogP contribution in [0.15, 0.2) is 29.6 Å². The average molecular weight is 352 g/mol. The Kier molecular flexibility index (Phi) is 3.29. The van der Waals surface area contributed by atoms with Crippen LogP contribution in [0.25, 0.3) is 0 Å². The fourth-order valence-corrected chi connectivity index (χ4v) is 4.58. The Morgan fingerprint density at radius 3 is 2.68 bits per heavy atom. The van der Waals surface area contributed by atoms with Gasteiger partial charge in [-0.25, -0.2) is 0 Å². The van der Waals surface area contributed by atoms with Crippen molar-refractivity contribution in [2.45, 2.75) is 24.8 Å². The molecule has 1 fully saturated rings. The van der Waals surface area contributed by atoms with Gasteiger partial charge >= 0.3 is 0 Å². The first-order valence-electron chi connectivity index (χ1n) is 6.92. The zero-order valence-corrected chi connectivity index (χ0v) is 13.7. The van der Waals surface area contributed by atoms with Crippen LogP contribution in [0.5, 0.6) is 0 Å². The zero-order chi connectivity index (χ0) is 15.4. The van der Waals surface area contributed by atoms with Crippen molar-refractivity contribution in [3.05, 3.63) is 50.1 Å². The summed E-state index contributed by atoms with van der Waals surface area (Å²) in [5, 5.41) is 2.79. The Morgan fingerprint density at radius 1 is 1.18 bits per heavy atom. The highest BCUT2D eigenvalue weighted by Crippen LogP contribution is 2.45. The molecule has 6 heteroatoms. The van der Waals surface area contributed by atoms with Gasteiger partial charge in [0.1, 0.15) is 6.04 Å². The number of carbonyl (C=O) groups is 2. The van der Waals surface area contributed by atoms with Gasteiger partial charge in [-0.15, -0.1) is 11.3 Å². The van der Waals surface area contributed by atoms with Crippen molar-refractivity contribution in [3.63, 3.8) is 0 Å². The van der Waals surface area contributed by atoms with Crippen LogP contribution in [-0.4, -0.2) is 17.7 Å². The van der Waals surface area contributed by atoms with Gasteiger partial charge in [0, 0.05) is 29.3 Å². The summed E-state index contributed by atoms with van der Waals surface area (Å²) in [6.07, 6.45) is 0.652. The van der Waals surface area contributed by atoms with E-state index in [1.165, 1.54) is 0 Å². The summed E-state index contributed by atoms with van der Waals surface area (Å²) in [5.41, 5.74) is 1.50. The maximum atomic E-state index is 12.6. The van der Waals surface area contributed by atoms with Gasteiger partial charge in [0.05, 0.1) is 10.0 Å². The lowest BCUT2D eigenvalue weighted by Gasteiger charge is -2.33. The van der Waals surface area contributed by atoms with Crippen LogP contribution in [0.2, 0.25) is 10.0 Å². The summed E-state index contributed by atoms with van der Waals surface area (Å²) in [6, 6.07) is 6.91. The number of amides is 1. The molecule has 0 N–H and O–H groups in total. The standard InChI is InChI=1S/C16H11Cl2NO2S/c17-10-4-8-5-13(20)16-9(14-2-1-3-22-14)6-15(21)19(16)12(8)7-11(10)18/h1-4,7,9,16H,5-6H2/t9-,16+/m0/s1. The lowest BCUT2D eigenvalue weighted by molar-refractivity contribution is -0.122. The molecular formula is C16H11Cl2NO2S. The largest absolute Gasteiger partial charge is 0.301 e. The predicted molar refractivity (Wildman–Crippen MR) is 88.1 cm³/mol. The van der Waals surface area contributed by atoms with Crippen LogP contribution in [0.1, 0.15) is 22.8 Å². The maximum Gasteiger partial charge on any atom is 0.228 e. The lowest BCUT2D eigenvalue weighted by Crippen LogP contribution is -2.45. The van der Waals surface area contributed by atoms with Crippen molar-refractivity contribution in [1.29, 1.82) is 0 Å². The predicted octanol–water partition coefficient (Wildman–Crippen LogP) is 4.07. The second kappa shape index (κ2) is 5.08. The molecule has 1 amide bonds. The molecule has 1 aromatic heterocycles. The highest BCUT2D eigenvalue weighted by molar-refractivity contribution is 7.10. The van der Waals surface area contributed by atoms with E-state index in [9.17, 15) is 9.59 Å². The van der Waals surface area contributed by atoms with Gasteiger partial charge in [-0.1, -0.05) is 29.3 Å². The van der Waals surface area contributed by atoms with Gasteiger partial charge < -0.3 is 4.90 Å². The zero-order valence-electron chi connectivity index (χ0n) is 11.4. The lowest BCUT2D eigenvalue weighted by atomic mass is 9.88. The highest BCUT2D eigenvalue weighted by Gasteiger charge is 2.48. The highest BCUT2D eigenvalue weighted by atomic mass is 35.5. The van der Waals surface area contributed by atoms with Gasteiger partial charge in [-0.2, -0.15) is 0 Å². The first kappa shape index (κ1) is 14.2. The minimum absolute atomic E-state index is 0.0314. The molecule has 4 rings (SSSR count). The minimum atomic E-state index is -0.420. The van der Waals surface area contributed by atoms with Crippen LogP contribution in [0.4, 0.5) is 5.69 Å². The summed E-state index contributed by atoms with van der Waals surface area (Å²) >= 11 is 13.7. The van der Waals surface area contributed by atoms with Crippen molar-refractivity contribution in [1.82, 2.24) is 0 Å².